The zero-order valence-corrected chi connectivity index (χ0v) is 5.77. The summed E-state index contributed by atoms with van der Waals surface area (Å²) in [6, 6.07) is 5.81. The van der Waals surface area contributed by atoms with Crippen LogP contribution in [-0.2, 0) is 5.75 Å². The van der Waals surface area contributed by atoms with Crippen LogP contribution in [0.5, 0.6) is 0 Å². The summed E-state index contributed by atoms with van der Waals surface area (Å²) in [6.45, 7) is 0. The topological polar surface area (TPSA) is 38.9 Å². The first-order valence-corrected chi connectivity index (χ1v) is 3.70. The fraction of sp³-hybridized carbons (Fsp3) is 0.167. The number of nitrogens with zero attached hydrogens (tertiary/aromatic N) is 1. The SMILES string of the molecule is NSCc1ccccn1. The van der Waals surface area contributed by atoms with Gasteiger partial charge in [-0.05, 0) is 12.1 Å². The van der Waals surface area contributed by atoms with Gasteiger partial charge in [0.25, 0.3) is 0 Å². The molecular weight excluding hydrogens is 132 g/mol. The molecule has 1 heterocycles. The van der Waals surface area contributed by atoms with Crippen molar-refractivity contribution < 1.29 is 0 Å². The molecule has 9 heavy (non-hydrogen) atoms. The van der Waals surface area contributed by atoms with Gasteiger partial charge in [0.15, 0.2) is 0 Å². The summed E-state index contributed by atoms with van der Waals surface area (Å²) in [4.78, 5) is 4.07. The van der Waals surface area contributed by atoms with E-state index in [1.54, 1.807) is 6.20 Å². The molecule has 0 bridgehead atoms. The smallest absolute Gasteiger partial charge is 0.0515 e. The zero-order valence-electron chi connectivity index (χ0n) is 4.95. The Bertz CT molecular complexity index is 164. The number of hydrogen-bond donors (Lipinski definition) is 1. The van der Waals surface area contributed by atoms with E-state index in [1.165, 1.54) is 11.9 Å². The monoisotopic (exact) mass is 140 g/mol. The number of nitrogens with two attached hydrogens (primary N) is 1. The molecule has 0 spiro atoms. The van der Waals surface area contributed by atoms with E-state index in [9.17, 15) is 0 Å². The second-order valence-corrected chi connectivity index (χ2v) is 2.25. The molecule has 2 nitrogen and oxygen atoms in total. The third-order valence-corrected chi connectivity index (χ3v) is 1.42. The summed E-state index contributed by atoms with van der Waals surface area (Å²) in [6.07, 6.45) is 1.77. The largest absolute Gasteiger partial charge is 0.278 e. The molecule has 0 fully saturated rings. The lowest BCUT2D eigenvalue weighted by atomic mass is 10.4. The Morgan fingerprint density at radius 2 is 2.44 bits per heavy atom. The van der Waals surface area contributed by atoms with E-state index >= 15 is 0 Å². The normalized spacial score (nSPS) is 9.44. The molecule has 0 aromatic carbocycles. The Morgan fingerprint density at radius 3 is 3.00 bits per heavy atom. The van der Waals surface area contributed by atoms with Crippen LogP contribution in [0.1, 0.15) is 5.69 Å². The maximum absolute atomic E-state index is 5.24. The van der Waals surface area contributed by atoms with E-state index < -0.39 is 0 Å². The second-order valence-electron chi connectivity index (χ2n) is 1.63. The maximum Gasteiger partial charge on any atom is 0.0515 e. The molecule has 2 N–H and O–H groups in total. The molecule has 0 saturated carbocycles. The highest BCUT2D eigenvalue weighted by Gasteiger charge is 1.87. The van der Waals surface area contributed by atoms with E-state index in [0.717, 1.165) is 11.4 Å². The Labute approximate surface area is 58.6 Å². The average Bonchev–Trinajstić information content (AvgIpc) is 1.91. The molecule has 0 amide bonds. The lowest BCUT2D eigenvalue weighted by Gasteiger charge is -1.92. The highest BCUT2D eigenvalue weighted by molar-refractivity contribution is 7.96. The summed E-state index contributed by atoms with van der Waals surface area (Å²) >= 11 is 1.29. The summed E-state index contributed by atoms with van der Waals surface area (Å²) < 4.78 is 0. The summed E-state index contributed by atoms with van der Waals surface area (Å²) in [5.74, 6) is 0.792. The molecule has 0 aliphatic rings. The Morgan fingerprint density at radius 1 is 1.56 bits per heavy atom. The number of pyridine rings is 1. The van der Waals surface area contributed by atoms with Crippen LogP contribution in [0, 0.1) is 0 Å². The first-order valence-electron chi connectivity index (χ1n) is 2.65. The van der Waals surface area contributed by atoms with Gasteiger partial charge >= 0.3 is 0 Å². The molecule has 0 radical (unpaired) electrons. The molecular formula is C6H8N2S. The van der Waals surface area contributed by atoms with E-state index in [-0.39, 0.29) is 0 Å². The van der Waals surface area contributed by atoms with Crippen LogP contribution in [0.2, 0.25) is 0 Å². The molecule has 0 atom stereocenters. The van der Waals surface area contributed by atoms with Gasteiger partial charge in [0.2, 0.25) is 0 Å². The van der Waals surface area contributed by atoms with Crippen molar-refractivity contribution in [1.29, 1.82) is 0 Å². The average molecular weight is 140 g/mol. The second kappa shape index (κ2) is 3.48. The predicted molar refractivity (Wildman–Crippen MR) is 39.7 cm³/mol. The lowest BCUT2D eigenvalue weighted by molar-refractivity contribution is 1.18. The summed E-state index contributed by atoms with van der Waals surface area (Å²) in [5.41, 5.74) is 1.03. The Kier molecular flexibility index (Phi) is 2.54. The van der Waals surface area contributed by atoms with E-state index in [0.29, 0.717) is 0 Å². The van der Waals surface area contributed by atoms with E-state index in [1.807, 2.05) is 18.2 Å². The third kappa shape index (κ3) is 2.03. The molecule has 1 aromatic rings. The maximum atomic E-state index is 5.24. The minimum absolute atomic E-state index is 0.792. The van der Waals surface area contributed by atoms with E-state index in [2.05, 4.69) is 4.98 Å². The van der Waals surface area contributed by atoms with Gasteiger partial charge in [0.1, 0.15) is 0 Å². The van der Waals surface area contributed by atoms with Crippen molar-refractivity contribution in [3.63, 3.8) is 0 Å². The van der Waals surface area contributed by atoms with Gasteiger partial charge in [-0.25, -0.2) is 0 Å². The Hall–Kier alpha value is -0.540. The third-order valence-electron chi connectivity index (χ3n) is 0.957. The van der Waals surface area contributed by atoms with Gasteiger partial charge in [0.05, 0.1) is 11.4 Å². The van der Waals surface area contributed by atoms with Crippen LogP contribution in [0.3, 0.4) is 0 Å². The van der Waals surface area contributed by atoms with Gasteiger partial charge in [-0.2, -0.15) is 0 Å². The van der Waals surface area contributed by atoms with Crippen LogP contribution in [0.15, 0.2) is 24.4 Å². The summed E-state index contributed by atoms with van der Waals surface area (Å²) in [7, 11) is 0. The minimum atomic E-state index is 0.792. The Balaban J connectivity index is 2.61. The van der Waals surface area contributed by atoms with Gasteiger partial charge in [0, 0.05) is 6.20 Å². The standard InChI is InChI=1S/C6H8N2S/c7-9-5-6-3-1-2-4-8-6/h1-4H,5,7H2. The van der Waals surface area contributed by atoms with Gasteiger partial charge in [-0.1, -0.05) is 18.0 Å². The quantitative estimate of drug-likeness (QED) is 0.627. The van der Waals surface area contributed by atoms with Crippen LogP contribution in [0.25, 0.3) is 0 Å². The van der Waals surface area contributed by atoms with Crippen molar-refractivity contribution in [1.82, 2.24) is 4.98 Å². The number of rotatable bonds is 2. The fourth-order valence-corrected chi connectivity index (χ4v) is 0.910. The zero-order chi connectivity index (χ0) is 6.53. The van der Waals surface area contributed by atoms with Gasteiger partial charge in [-0.3, -0.25) is 10.1 Å². The predicted octanol–water partition coefficient (Wildman–Crippen LogP) is 1.19. The fourth-order valence-electron chi connectivity index (χ4n) is 0.569. The molecule has 48 valence electrons. The van der Waals surface area contributed by atoms with Crippen molar-refractivity contribution in [2.24, 2.45) is 5.14 Å². The number of hydrogen-bond acceptors (Lipinski definition) is 3. The van der Waals surface area contributed by atoms with E-state index in [4.69, 9.17) is 5.14 Å². The van der Waals surface area contributed by atoms with Crippen LogP contribution < -0.4 is 5.14 Å². The molecule has 3 heteroatoms. The van der Waals surface area contributed by atoms with Crippen molar-refractivity contribution in [3.05, 3.63) is 30.1 Å². The highest BCUT2D eigenvalue weighted by atomic mass is 32.2. The first-order chi connectivity index (χ1) is 4.43. The van der Waals surface area contributed by atoms with Crippen LogP contribution >= 0.6 is 11.9 Å². The summed E-state index contributed by atoms with van der Waals surface area (Å²) in [5, 5.41) is 5.24. The van der Waals surface area contributed by atoms with Crippen molar-refractivity contribution in [2.45, 2.75) is 5.75 Å². The molecule has 1 rings (SSSR count). The van der Waals surface area contributed by atoms with Crippen molar-refractivity contribution >= 4 is 11.9 Å². The molecule has 0 aliphatic carbocycles. The molecule has 0 aliphatic heterocycles. The van der Waals surface area contributed by atoms with Crippen LogP contribution in [-0.4, -0.2) is 4.98 Å². The van der Waals surface area contributed by atoms with Crippen LogP contribution in [0.4, 0.5) is 0 Å². The van der Waals surface area contributed by atoms with Crippen molar-refractivity contribution in [3.8, 4) is 0 Å². The molecule has 1 aromatic heterocycles. The minimum Gasteiger partial charge on any atom is -0.278 e. The number of aromatic nitrogens is 1. The highest BCUT2D eigenvalue weighted by Crippen LogP contribution is 2.00. The molecule has 0 unspecified atom stereocenters. The first kappa shape index (κ1) is 6.58. The van der Waals surface area contributed by atoms with Crippen molar-refractivity contribution in [2.75, 3.05) is 0 Å². The van der Waals surface area contributed by atoms with Gasteiger partial charge in [-0.15, -0.1) is 0 Å². The lowest BCUT2D eigenvalue weighted by Crippen LogP contribution is -1.86. The molecule has 0 saturated heterocycles. The van der Waals surface area contributed by atoms with Gasteiger partial charge < -0.3 is 0 Å².